The summed E-state index contributed by atoms with van der Waals surface area (Å²) in [6.45, 7) is 2.30. The number of urea groups is 1. The Morgan fingerprint density at radius 3 is 2.59 bits per heavy atom. The Kier molecular flexibility index (Phi) is 5.95. The van der Waals surface area contributed by atoms with Gasteiger partial charge < -0.3 is 24.6 Å². The van der Waals surface area contributed by atoms with Crippen LogP contribution in [0.1, 0.15) is 18.4 Å². The van der Waals surface area contributed by atoms with Crippen LogP contribution >= 0.6 is 0 Å². The van der Waals surface area contributed by atoms with Crippen LogP contribution in [0.5, 0.6) is 11.5 Å². The number of hydrogen-bond acceptors (Lipinski definition) is 6. The zero-order valence-electron chi connectivity index (χ0n) is 18.5. The van der Waals surface area contributed by atoms with Gasteiger partial charge in [0.25, 0.3) is 5.91 Å². The minimum Gasteiger partial charge on any atom is -0.454 e. The Bertz CT molecular complexity index is 1120. The lowest BCUT2D eigenvalue weighted by molar-refractivity contribution is -0.132. The van der Waals surface area contributed by atoms with Gasteiger partial charge in [-0.2, -0.15) is 0 Å². The summed E-state index contributed by atoms with van der Waals surface area (Å²) in [5, 5.41) is 2.68. The summed E-state index contributed by atoms with van der Waals surface area (Å²) in [6, 6.07) is 10.7. The fourth-order valence-electron chi connectivity index (χ4n) is 4.48. The normalized spacial score (nSPS) is 19.6. The number of nitrogens with one attached hydrogen (secondary N) is 1. The molecule has 1 atom stereocenters. The molecule has 0 aliphatic carbocycles. The minimum atomic E-state index is -0.731. The van der Waals surface area contributed by atoms with E-state index in [-0.39, 0.29) is 43.8 Å². The van der Waals surface area contributed by atoms with Crippen molar-refractivity contribution in [3.8, 4) is 11.5 Å². The highest BCUT2D eigenvalue weighted by Gasteiger charge is 2.38. The molecule has 34 heavy (non-hydrogen) atoms. The van der Waals surface area contributed by atoms with Crippen molar-refractivity contribution >= 4 is 23.5 Å². The number of amides is 4. The highest BCUT2D eigenvalue weighted by molar-refractivity contribution is 6.04. The van der Waals surface area contributed by atoms with Gasteiger partial charge in [-0.15, -0.1) is 0 Å². The molecule has 1 N–H and O–H groups in total. The number of carbonyl (C=O) groups excluding carboxylic acids is 3. The van der Waals surface area contributed by atoms with Crippen molar-refractivity contribution in [3.63, 3.8) is 0 Å². The Labute approximate surface area is 196 Å². The molecule has 0 aromatic heterocycles. The average molecular weight is 468 g/mol. The molecule has 10 heteroatoms. The van der Waals surface area contributed by atoms with Crippen molar-refractivity contribution in [1.82, 2.24) is 15.1 Å². The second-order valence-electron chi connectivity index (χ2n) is 8.47. The lowest BCUT2D eigenvalue weighted by Crippen LogP contribution is -2.49. The van der Waals surface area contributed by atoms with Gasteiger partial charge in [-0.25, -0.2) is 9.18 Å². The number of hydrogen-bond donors (Lipinski definition) is 1. The molecule has 2 saturated heterocycles. The van der Waals surface area contributed by atoms with E-state index in [0.29, 0.717) is 43.4 Å². The highest BCUT2D eigenvalue weighted by atomic mass is 19.1. The molecule has 3 aliphatic rings. The van der Waals surface area contributed by atoms with E-state index in [1.54, 1.807) is 41.3 Å². The molecule has 2 aromatic carbocycles. The summed E-state index contributed by atoms with van der Waals surface area (Å²) in [4.78, 5) is 42.7. The number of anilines is 1. The first-order valence-electron chi connectivity index (χ1n) is 11.3. The molecular formula is C24H25FN4O5. The van der Waals surface area contributed by atoms with Gasteiger partial charge in [-0.1, -0.05) is 18.2 Å². The summed E-state index contributed by atoms with van der Waals surface area (Å²) >= 11 is 0. The lowest BCUT2D eigenvalue weighted by atomic mass is 10.1. The molecule has 3 heterocycles. The monoisotopic (exact) mass is 468 g/mol. The standard InChI is InChI=1S/C24H25FN4O5/c25-17-3-1-2-4-19(17)27-9-11-28(12-10-27)22(30)8-6-18-23(31)29(24(32)26-18)14-16-5-7-20-21(13-16)34-15-33-20/h1-5,7,13,18H,6,8-12,14-15H2,(H,26,32)/t18-/m1/s1. The number of fused-ring (bicyclic) bond motifs is 1. The van der Waals surface area contributed by atoms with E-state index in [0.717, 1.165) is 10.5 Å². The van der Waals surface area contributed by atoms with Crippen LogP contribution in [0.25, 0.3) is 0 Å². The van der Waals surface area contributed by atoms with Gasteiger partial charge in [0.1, 0.15) is 11.9 Å². The molecule has 0 saturated carbocycles. The minimum absolute atomic E-state index is 0.0792. The number of ether oxygens (including phenoxy) is 2. The Morgan fingerprint density at radius 2 is 1.79 bits per heavy atom. The van der Waals surface area contributed by atoms with Crippen molar-refractivity contribution in [2.45, 2.75) is 25.4 Å². The van der Waals surface area contributed by atoms with E-state index in [1.165, 1.54) is 6.07 Å². The summed E-state index contributed by atoms with van der Waals surface area (Å²) in [7, 11) is 0. The van der Waals surface area contributed by atoms with E-state index in [9.17, 15) is 18.8 Å². The fourth-order valence-corrected chi connectivity index (χ4v) is 4.48. The number of carbonyl (C=O) groups is 3. The van der Waals surface area contributed by atoms with Crippen LogP contribution < -0.4 is 19.7 Å². The Morgan fingerprint density at radius 1 is 1.03 bits per heavy atom. The van der Waals surface area contributed by atoms with E-state index in [4.69, 9.17) is 9.47 Å². The first-order valence-corrected chi connectivity index (χ1v) is 11.3. The summed E-state index contributed by atoms with van der Waals surface area (Å²) in [5.74, 6) is 0.515. The van der Waals surface area contributed by atoms with E-state index in [1.807, 2.05) is 4.90 Å². The molecule has 0 spiro atoms. The molecule has 0 radical (unpaired) electrons. The largest absolute Gasteiger partial charge is 0.454 e. The third-order valence-electron chi connectivity index (χ3n) is 6.36. The maximum atomic E-state index is 14.0. The quantitative estimate of drug-likeness (QED) is 0.653. The second kappa shape index (κ2) is 9.20. The SMILES string of the molecule is O=C(CC[C@H]1NC(=O)N(Cc2ccc3c(c2)OCO3)C1=O)N1CCN(c2ccccc2F)CC1. The molecule has 0 unspecified atom stereocenters. The molecule has 4 amide bonds. The van der Waals surface area contributed by atoms with Crippen molar-refractivity contribution in [1.29, 1.82) is 0 Å². The summed E-state index contributed by atoms with van der Waals surface area (Å²) in [6.07, 6.45) is 0.378. The molecule has 2 aromatic rings. The maximum Gasteiger partial charge on any atom is 0.325 e. The van der Waals surface area contributed by atoms with Gasteiger partial charge >= 0.3 is 6.03 Å². The van der Waals surface area contributed by atoms with E-state index < -0.39 is 12.1 Å². The predicted molar refractivity (Wildman–Crippen MR) is 120 cm³/mol. The van der Waals surface area contributed by atoms with Crippen LogP contribution in [0.4, 0.5) is 14.9 Å². The zero-order valence-corrected chi connectivity index (χ0v) is 18.5. The highest BCUT2D eigenvalue weighted by Crippen LogP contribution is 2.33. The van der Waals surface area contributed by atoms with Crippen LogP contribution in [-0.4, -0.2) is 66.7 Å². The first kappa shape index (κ1) is 22.0. The third kappa shape index (κ3) is 4.35. The Hall–Kier alpha value is -3.82. The van der Waals surface area contributed by atoms with Gasteiger partial charge in [0.15, 0.2) is 11.5 Å². The van der Waals surface area contributed by atoms with Crippen LogP contribution in [0.15, 0.2) is 42.5 Å². The number of piperazine rings is 1. The van der Waals surface area contributed by atoms with Crippen LogP contribution in [-0.2, 0) is 16.1 Å². The number of rotatable bonds is 6. The van der Waals surface area contributed by atoms with Gasteiger partial charge in [0.05, 0.1) is 12.2 Å². The predicted octanol–water partition coefficient (Wildman–Crippen LogP) is 2.10. The molecule has 9 nitrogen and oxygen atoms in total. The topological polar surface area (TPSA) is 91.4 Å². The molecule has 5 rings (SSSR count). The molecule has 3 aliphatic heterocycles. The molecule has 0 bridgehead atoms. The second-order valence-corrected chi connectivity index (χ2v) is 8.47. The number of halogens is 1. The van der Waals surface area contributed by atoms with E-state index >= 15 is 0 Å². The molecular weight excluding hydrogens is 443 g/mol. The lowest BCUT2D eigenvalue weighted by Gasteiger charge is -2.36. The van der Waals surface area contributed by atoms with Crippen molar-refractivity contribution in [2.24, 2.45) is 0 Å². The van der Waals surface area contributed by atoms with Gasteiger partial charge in [0, 0.05) is 32.6 Å². The Balaban J connectivity index is 1.11. The van der Waals surface area contributed by atoms with Gasteiger partial charge in [0.2, 0.25) is 12.7 Å². The maximum absolute atomic E-state index is 14.0. The average Bonchev–Trinajstić information content (AvgIpc) is 3.42. The van der Waals surface area contributed by atoms with Crippen LogP contribution in [0.2, 0.25) is 0 Å². The number of nitrogens with zero attached hydrogens (tertiary/aromatic N) is 3. The van der Waals surface area contributed by atoms with E-state index in [2.05, 4.69) is 5.32 Å². The summed E-state index contributed by atoms with van der Waals surface area (Å²) < 4.78 is 24.6. The molecule has 178 valence electrons. The van der Waals surface area contributed by atoms with Crippen LogP contribution in [0.3, 0.4) is 0 Å². The smallest absolute Gasteiger partial charge is 0.325 e. The zero-order chi connectivity index (χ0) is 23.7. The number of para-hydroxylation sites is 1. The first-order chi connectivity index (χ1) is 16.5. The van der Waals surface area contributed by atoms with Gasteiger partial charge in [-0.3, -0.25) is 14.5 Å². The number of benzene rings is 2. The van der Waals surface area contributed by atoms with Crippen molar-refractivity contribution in [3.05, 3.63) is 53.8 Å². The fraction of sp³-hybridized carbons (Fsp3) is 0.375. The number of imide groups is 1. The van der Waals surface area contributed by atoms with Crippen LogP contribution in [0, 0.1) is 5.82 Å². The van der Waals surface area contributed by atoms with Crippen molar-refractivity contribution in [2.75, 3.05) is 37.9 Å². The summed E-state index contributed by atoms with van der Waals surface area (Å²) in [5.41, 5.74) is 1.29. The third-order valence-corrected chi connectivity index (χ3v) is 6.36. The van der Waals surface area contributed by atoms with Gasteiger partial charge in [-0.05, 0) is 36.2 Å². The van der Waals surface area contributed by atoms with Crippen molar-refractivity contribution < 1.29 is 28.2 Å². The molecule has 2 fully saturated rings.